The third kappa shape index (κ3) is 4.10. The summed E-state index contributed by atoms with van der Waals surface area (Å²) in [7, 11) is 0. The van der Waals surface area contributed by atoms with Gasteiger partial charge in [-0.2, -0.15) is 0 Å². The maximum Gasteiger partial charge on any atom is 0.270 e. The highest BCUT2D eigenvalue weighted by atomic mass is 32.1. The van der Waals surface area contributed by atoms with Crippen LogP contribution in [0.5, 0.6) is 0 Å². The van der Waals surface area contributed by atoms with Crippen molar-refractivity contribution < 1.29 is 4.92 Å². The summed E-state index contributed by atoms with van der Waals surface area (Å²) in [5.41, 5.74) is 5.37. The molecule has 2 atom stereocenters. The summed E-state index contributed by atoms with van der Waals surface area (Å²) in [5.74, 6) is 0.545. The van der Waals surface area contributed by atoms with Crippen molar-refractivity contribution in [2.75, 3.05) is 0 Å². The Morgan fingerprint density at radius 3 is 2.67 bits per heavy atom. The molecular weight excluding hydrogens is 394 g/mol. The molecule has 1 heterocycles. The Kier molecular flexibility index (Phi) is 5.86. The van der Waals surface area contributed by atoms with Crippen LogP contribution in [0.25, 0.3) is 11.3 Å². The number of thiazole rings is 1. The number of hydrogen-bond donors (Lipinski definition) is 0. The molecule has 1 aromatic heterocycles. The van der Waals surface area contributed by atoms with E-state index in [4.69, 9.17) is 4.99 Å². The molecule has 0 spiro atoms. The predicted molar refractivity (Wildman–Crippen MR) is 122 cm³/mol. The van der Waals surface area contributed by atoms with Crippen molar-refractivity contribution >= 4 is 22.7 Å². The molecule has 5 nitrogen and oxygen atoms in total. The Balaban J connectivity index is 1.90. The molecule has 1 aliphatic rings. The van der Waals surface area contributed by atoms with Gasteiger partial charge in [-0.25, -0.2) is 4.99 Å². The topological polar surface area (TPSA) is 60.4 Å². The number of aryl methyl sites for hydroxylation is 2. The Labute approximate surface area is 180 Å². The van der Waals surface area contributed by atoms with E-state index in [1.165, 1.54) is 24.8 Å². The van der Waals surface area contributed by atoms with Crippen LogP contribution >= 0.6 is 11.3 Å². The van der Waals surface area contributed by atoms with Crippen LogP contribution in [-0.4, -0.2) is 9.49 Å². The summed E-state index contributed by atoms with van der Waals surface area (Å²) >= 11 is 1.62. The molecule has 156 valence electrons. The number of nitro groups is 1. The van der Waals surface area contributed by atoms with Gasteiger partial charge in [0.05, 0.1) is 16.3 Å². The van der Waals surface area contributed by atoms with Gasteiger partial charge in [0, 0.05) is 29.1 Å². The van der Waals surface area contributed by atoms with Crippen molar-refractivity contribution in [3.8, 4) is 11.3 Å². The summed E-state index contributed by atoms with van der Waals surface area (Å²) < 4.78 is 2.34. The van der Waals surface area contributed by atoms with Gasteiger partial charge in [-0.1, -0.05) is 49.6 Å². The molecule has 2 unspecified atom stereocenters. The minimum absolute atomic E-state index is 0.120. The van der Waals surface area contributed by atoms with Gasteiger partial charge in [0.15, 0.2) is 4.80 Å². The summed E-state index contributed by atoms with van der Waals surface area (Å²) in [6.45, 7) is 6.49. The number of non-ortho nitro benzene ring substituents is 1. The maximum atomic E-state index is 11.3. The third-order valence-electron chi connectivity index (χ3n) is 6.06. The number of aromatic nitrogens is 1. The van der Waals surface area contributed by atoms with E-state index < -0.39 is 0 Å². The molecule has 0 aliphatic heterocycles. The number of hydrogen-bond acceptors (Lipinski definition) is 4. The number of benzene rings is 2. The van der Waals surface area contributed by atoms with E-state index in [9.17, 15) is 10.1 Å². The first-order chi connectivity index (χ1) is 14.4. The van der Waals surface area contributed by atoms with Crippen LogP contribution < -0.4 is 4.80 Å². The van der Waals surface area contributed by atoms with E-state index in [0.717, 1.165) is 33.7 Å². The Hall–Kier alpha value is -2.73. The molecule has 0 amide bonds. The normalized spacial score (nSPS) is 19.8. The lowest BCUT2D eigenvalue weighted by atomic mass is 9.85. The van der Waals surface area contributed by atoms with Gasteiger partial charge in [-0.3, -0.25) is 10.1 Å². The number of nitrogens with zero attached hydrogens (tertiary/aromatic N) is 3. The third-order valence-corrected chi connectivity index (χ3v) is 6.90. The minimum Gasteiger partial charge on any atom is -0.313 e. The zero-order chi connectivity index (χ0) is 21.3. The fourth-order valence-electron chi connectivity index (χ4n) is 4.43. The molecule has 0 saturated heterocycles. The van der Waals surface area contributed by atoms with E-state index in [-0.39, 0.29) is 10.6 Å². The van der Waals surface area contributed by atoms with E-state index in [1.807, 2.05) is 6.07 Å². The minimum atomic E-state index is -0.329. The first kappa shape index (κ1) is 20.5. The highest BCUT2D eigenvalue weighted by Gasteiger charge is 2.26. The Morgan fingerprint density at radius 1 is 1.13 bits per heavy atom. The molecular formula is C24H27N3O2S. The molecule has 6 heteroatoms. The SMILES string of the molecule is Cc1ccc(N=c2scc(-c3cccc([N+](=O)[O-])c3)n2C2CCCCC2C)c(C)c1. The average molecular weight is 422 g/mol. The van der Waals surface area contributed by atoms with E-state index in [2.05, 4.69) is 48.9 Å². The fourth-order valence-corrected chi connectivity index (χ4v) is 5.39. The van der Waals surface area contributed by atoms with Crippen molar-refractivity contribution in [3.63, 3.8) is 0 Å². The van der Waals surface area contributed by atoms with Gasteiger partial charge < -0.3 is 4.57 Å². The lowest BCUT2D eigenvalue weighted by Gasteiger charge is -2.31. The van der Waals surface area contributed by atoms with Gasteiger partial charge in [0.1, 0.15) is 0 Å². The average Bonchev–Trinajstić information content (AvgIpc) is 3.14. The first-order valence-electron chi connectivity index (χ1n) is 10.5. The Bertz CT molecular complexity index is 1150. The number of rotatable bonds is 4. The highest BCUT2D eigenvalue weighted by molar-refractivity contribution is 7.07. The van der Waals surface area contributed by atoms with Crippen LogP contribution in [0.4, 0.5) is 11.4 Å². The molecule has 30 heavy (non-hydrogen) atoms. The van der Waals surface area contributed by atoms with Gasteiger partial charge in [-0.05, 0) is 44.2 Å². The van der Waals surface area contributed by atoms with Gasteiger partial charge in [0.25, 0.3) is 5.69 Å². The number of nitro benzene ring substituents is 1. The molecule has 2 aromatic carbocycles. The van der Waals surface area contributed by atoms with Crippen LogP contribution in [0.2, 0.25) is 0 Å². The largest absolute Gasteiger partial charge is 0.313 e. The van der Waals surface area contributed by atoms with Crippen molar-refractivity contribution in [2.45, 2.75) is 52.5 Å². The molecule has 1 saturated carbocycles. The molecule has 3 aromatic rings. The van der Waals surface area contributed by atoms with Crippen molar-refractivity contribution in [1.82, 2.24) is 4.57 Å². The molecule has 0 bridgehead atoms. The summed E-state index contributed by atoms with van der Waals surface area (Å²) in [6, 6.07) is 13.6. The van der Waals surface area contributed by atoms with Gasteiger partial charge in [0.2, 0.25) is 0 Å². The lowest BCUT2D eigenvalue weighted by molar-refractivity contribution is -0.384. The molecule has 0 radical (unpaired) electrons. The van der Waals surface area contributed by atoms with Crippen LogP contribution in [-0.2, 0) is 0 Å². The van der Waals surface area contributed by atoms with Crippen LogP contribution in [0.3, 0.4) is 0 Å². The zero-order valence-electron chi connectivity index (χ0n) is 17.7. The second-order valence-electron chi connectivity index (χ2n) is 8.31. The summed E-state index contributed by atoms with van der Waals surface area (Å²) in [4.78, 5) is 17.0. The fraction of sp³-hybridized carbons (Fsp3) is 0.375. The highest BCUT2D eigenvalue weighted by Crippen LogP contribution is 2.37. The predicted octanol–water partition coefficient (Wildman–Crippen LogP) is 6.73. The van der Waals surface area contributed by atoms with E-state index in [0.29, 0.717) is 12.0 Å². The summed E-state index contributed by atoms with van der Waals surface area (Å²) in [6.07, 6.45) is 4.78. The lowest BCUT2D eigenvalue weighted by Crippen LogP contribution is -2.28. The standard InChI is InChI=1S/C24H27N3O2S/c1-16-11-12-21(18(3)13-16)25-24-26(22-10-5-4-7-17(22)2)23(15-30-24)19-8-6-9-20(14-19)27(28)29/h6,8-9,11-15,17,22H,4-5,7,10H2,1-3H3. The summed E-state index contributed by atoms with van der Waals surface area (Å²) in [5, 5.41) is 13.4. The maximum absolute atomic E-state index is 11.3. The van der Waals surface area contributed by atoms with Crippen LogP contribution in [0, 0.1) is 29.9 Å². The van der Waals surface area contributed by atoms with Crippen LogP contribution in [0.15, 0.2) is 52.8 Å². The van der Waals surface area contributed by atoms with Crippen LogP contribution in [0.1, 0.15) is 49.8 Å². The molecule has 4 rings (SSSR count). The Morgan fingerprint density at radius 2 is 1.93 bits per heavy atom. The zero-order valence-corrected chi connectivity index (χ0v) is 18.5. The monoisotopic (exact) mass is 421 g/mol. The van der Waals surface area contributed by atoms with Gasteiger partial charge >= 0.3 is 0 Å². The van der Waals surface area contributed by atoms with Crippen molar-refractivity contribution in [1.29, 1.82) is 0 Å². The van der Waals surface area contributed by atoms with Gasteiger partial charge in [-0.15, -0.1) is 11.3 Å². The van der Waals surface area contributed by atoms with E-state index >= 15 is 0 Å². The second kappa shape index (κ2) is 8.56. The molecule has 0 N–H and O–H groups in total. The van der Waals surface area contributed by atoms with Crippen molar-refractivity contribution in [3.05, 3.63) is 73.9 Å². The molecule has 1 aliphatic carbocycles. The first-order valence-corrected chi connectivity index (χ1v) is 11.4. The quantitative estimate of drug-likeness (QED) is 0.346. The van der Waals surface area contributed by atoms with E-state index in [1.54, 1.807) is 29.5 Å². The second-order valence-corrected chi connectivity index (χ2v) is 9.15. The molecule has 1 fully saturated rings. The van der Waals surface area contributed by atoms with Crippen molar-refractivity contribution in [2.24, 2.45) is 10.9 Å². The smallest absolute Gasteiger partial charge is 0.270 e.